The molecule has 0 aliphatic carbocycles. The van der Waals surface area contributed by atoms with E-state index in [-0.39, 0.29) is 18.1 Å². The van der Waals surface area contributed by atoms with Crippen LogP contribution in [0, 0.1) is 5.82 Å². The lowest BCUT2D eigenvalue weighted by Crippen LogP contribution is -2.51. The molecule has 0 spiro atoms. The number of carbonyl (C=O) groups excluding carboxylic acids is 1. The Kier molecular flexibility index (Phi) is 5.33. The summed E-state index contributed by atoms with van der Waals surface area (Å²) in [7, 11) is 1.47. The van der Waals surface area contributed by atoms with E-state index in [0.717, 1.165) is 10.6 Å². The predicted molar refractivity (Wildman–Crippen MR) is 89.5 cm³/mol. The summed E-state index contributed by atoms with van der Waals surface area (Å²) >= 11 is 1.42. The number of rotatable bonds is 6. The highest BCUT2D eigenvalue weighted by Gasteiger charge is 2.35. The van der Waals surface area contributed by atoms with Crippen molar-refractivity contribution < 1.29 is 19.1 Å². The van der Waals surface area contributed by atoms with Crippen molar-refractivity contribution in [1.29, 1.82) is 0 Å². The smallest absolute Gasteiger partial charge is 0.329 e. The summed E-state index contributed by atoms with van der Waals surface area (Å²) in [5.74, 6) is -1.65. The molecule has 7 heteroatoms. The highest BCUT2D eigenvalue weighted by Crippen LogP contribution is 2.18. The van der Waals surface area contributed by atoms with Gasteiger partial charge in [0.15, 0.2) is 0 Å². The van der Waals surface area contributed by atoms with Gasteiger partial charge in [-0.25, -0.2) is 14.2 Å². The first-order valence-electron chi connectivity index (χ1n) is 7.38. The third-order valence-corrected chi connectivity index (χ3v) is 4.83. The van der Waals surface area contributed by atoms with Crippen LogP contribution in [-0.4, -0.2) is 39.5 Å². The first-order chi connectivity index (χ1) is 11.2. The van der Waals surface area contributed by atoms with Crippen molar-refractivity contribution in [2.75, 3.05) is 7.05 Å². The van der Waals surface area contributed by atoms with Crippen LogP contribution in [0.5, 0.6) is 0 Å². The maximum atomic E-state index is 12.9. The van der Waals surface area contributed by atoms with Gasteiger partial charge in [0.2, 0.25) is 5.91 Å². The molecule has 0 saturated carbocycles. The second-order valence-corrected chi connectivity index (χ2v) is 6.97. The lowest BCUT2D eigenvalue weighted by molar-refractivity contribution is -0.155. The quantitative estimate of drug-likeness (QED) is 0.870. The van der Waals surface area contributed by atoms with Crippen molar-refractivity contribution in [1.82, 2.24) is 9.88 Å². The number of hydrogen-bond donors (Lipinski definition) is 1. The number of carboxylic acids is 1. The fourth-order valence-electron chi connectivity index (χ4n) is 2.02. The topological polar surface area (TPSA) is 70.5 Å². The summed E-state index contributed by atoms with van der Waals surface area (Å²) in [6.07, 6.45) is 0.614. The standard InChI is InChI=1S/C17H19FN2O3S/c1-17(2,16(22)23)20(3)15(21)9-13-10-24-14(19-13)8-11-4-6-12(18)7-5-11/h4-7,10H,8-9H2,1-3H3,(H,22,23). The Morgan fingerprint density at radius 1 is 1.29 bits per heavy atom. The Balaban J connectivity index is 2.02. The molecule has 24 heavy (non-hydrogen) atoms. The van der Waals surface area contributed by atoms with Crippen LogP contribution in [0.3, 0.4) is 0 Å². The highest BCUT2D eigenvalue weighted by atomic mass is 32.1. The second kappa shape index (κ2) is 7.09. The predicted octanol–water partition coefficient (Wildman–Crippen LogP) is 2.74. The first kappa shape index (κ1) is 18.1. The number of hydrogen-bond acceptors (Lipinski definition) is 4. The van der Waals surface area contributed by atoms with Gasteiger partial charge in [0.1, 0.15) is 11.4 Å². The van der Waals surface area contributed by atoms with Gasteiger partial charge in [-0.3, -0.25) is 4.79 Å². The van der Waals surface area contributed by atoms with Crippen molar-refractivity contribution in [2.45, 2.75) is 32.2 Å². The normalized spacial score (nSPS) is 11.3. The van der Waals surface area contributed by atoms with Crippen molar-refractivity contribution in [3.63, 3.8) is 0 Å². The monoisotopic (exact) mass is 350 g/mol. The van der Waals surface area contributed by atoms with Crippen LogP contribution in [0.2, 0.25) is 0 Å². The van der Waals surface area contributed by atoms with E-state index >= 15 is 0 Å². The summed E-state index contributed by atoms with van der Waals surface area (Å²) in [4.78, 5) is 29.1. The summed E-state index contributed by atoms with van der Waals surface area (Å²) in [5.41, 5.74) is 0.271. The summed E-state index contributed by atoms with van der Waals surface area (Å²) in [6.45, 7) is 2.96. The van der Waals surface area contributed by atoms with Crippen LogP contribution in [0.25, 0.3) is 0 Å². The maximum absolute atomic E-state index is 12.9. The average molecular weight is 350 g/mol. The average Bonchev–Trinajstić information content (AvgIpc) is 2.95. The van der Waals surface area contributed by atoms with Crippen LogP contribution in [0.4, 0.5) is 4.39 Å². The van der Waals surface area contributed by atoms with E-state index in [2.05, 4.69) is 4.98 Å². The Hall–Kier alpha value is -2.28. The number of nitrogens with zero attached hydrogens (tertiary/aromatic N) is 2. The molecular formula is C17H19FN2O3S. The molecule has 1 heterocycles. The van der Waals surface area contributed by atoms with Gasteiger partial charge in [0, 0.05) is 18.8 Å². The SMILES string of the molecule is CN(C(=O)Cc1csc(Cc2ccc(F)cc2)n1)C(C)(C)C(=O)O. The molecule has 2 aromatic rings. The number of amides is 1. The molecule has 1 amide bonds. The van der Waals surface area contributed by atoms with Crippen molar-refractivity contribution in [2.24, 2.45) is 0 Å². The molecule has 128 valence electrons. The van der Waals surface area contributed by atoms with Gasteiger partial charge in [0.05, 0.1) is 17.1 Å². The number of thiazole rings is 1. The molecule has 0 radical (unpaired) electrons. The Morgan fingerprint density at radius 3 is 2.50 bits per heavy atom. The summed E-state index contributed by atoms with van der Waals surface area (Å²) < 4.78 is 12.9. The number of aromatic nitrogens is 1. The Bertz CT molecular complexity index is 741. The Morgan fingerprint density at radius 2 is 1.92 bits per heavy atom. The lowest BCUT2D eigenvalue weighted by atomic mass is 10.0. The van der Waals surface area contributed by atoms with Crippen molar-refractivity contribution >= 4 is 23.2 Å². The third-order valence-electron chi connectivity index (χ3n) is 3.94. The van der Waals surface area contributed by atoms with Gasteiger partial charge in [-0.1, -0.05) is 12.1 Å². The summed E-state index contributed by atoms with van der Waals surface area (Å²) in [6, 6.07) is 6.20. The minimum absolute atomic E-state index is 0.0487. The van der Waals surface area contributed by atoms with E-state index in [4.69, 9.17) is 0 Å². The first-order valence-corrected chi connectivity index (χ1v) is 8.26. The van der Waals surface area contributed by atoms with E-state index in [1.54, 1.807) is 17.5 Å². The fraction of sp³-hybridized carbons (Fsp3) is 0.353. The molecule has 0 bridgehead atoms. The molecule has 0 aliphatic heterocycles. The molecule has 0 fully saturated rings. The zero-order valence-electron chi connectivity index (χ0n) is 13.7. The number of halogens is 1. The number of carboxylic acid groups (broad SMARTS) is 1. The van der Waals surface area contributed by atoms with E-state index in [0.29, 0.717) is 12.1 Å². The molecule has 0 aliphatic rings. The minimum atomic E-state index is -1.27. The molecule has 2 rings (SSSR count). The molecular weight excluding hydrogens is 331 g/mol. The Labute approximate surface area is 143 Å². The molecule has 0 atom stereocenters. The molecule has 1 aromatic heterocycles. The van der Waals surface area contributed by atoms with E-state index in [1.807, 2.05) is 0 Å². The van der Waals surface area contributed by atoms with Crippen LogP contribution in [0.15, 0.2) is 29.6 Å². The van der Waals surface area contributed by atoms with Gasteiger partial charge in [-0.2, -0.15) is 0 Å². The zero-order valence-corrected chi connectivity index (χ0v) is 14.6. The fourth-order valence-corrected chi connectivity index (χ4v) is 2.84. The van der Waals surface area contributed by atoms with E-state index in [1.165, 1.54) is 49.3 Å². The van der Waals surface area contributed by atoms with Crippen LogP contribution in [-0.2, 0) is 22.4 Å². The molecule has 5 nitrogen and oxygen atoms in total. The molecule has 0 saturated heterocycles. The van der Waals surface area contributed by atoms with Gasteiger partial charge in [-0.05, 0) is 31.5 Å². The number of benzene rings is 1. The highest BCUT2D eigenvalue weighted by molar-refractivity contribution is 7.09. The number of carbonyl (C=O) groups is 2. The van der Waals surface area contributed by atoms with E-state index in [9.17, 15) is 19.1 Å². The van der Waals surface area contributed by atoms with Crippen molar-refractivity contribution in [3.8, 4) is 0 Å². The van der Waals surface area contributed by atoms with Crippen LogP contribution < -0.4 is 0 Å². The molecule has 1 aromatic carbocycles. The van der Waals surface area contributed by atoms with Crippen LogP contribution >= 0.6 is 11.3 Å². The van der Waals surface area contributed by atoms with E-state index < -0.39 is 11.5 Å². The molecule has 1 N–H and O–H groups in total. The van der Waals surface area contributed by atoms with Crippen molar-refractivity contribution in [3.05, 3.63) is 51.7 Å². The summed E-state index contributed by atoms with van der Waals surface area (Å²) in [5, 5.41) is 11.8. The van der Waals surface area contributed by atoms with Gasteiger partial charge < -0.3 is 10.0 Å². The van der Waals surface area contributed by atoms with Crippen LogP contribution in [0.1, 0.15) is 30.1 Å². The lowest BCUT2D eigenvalue weighted by Gasteiger charge is -2.31. The molecule has 0 unspecified atom stereocenters. The van der Waals surface area contributed by atoms with Gasteiger partial charge >= 0.3 is 5.97 Å². The number of aliphatic carboxylic acids is 1. The van der Waals surface area contributed by atoms with Gasteiger partial charge in [-0.15, -0.1) is 11.3 Å². The minimum Gasteiger partial charge on any atom is -0.480 e. The zero-order chi connectivity index (χ0) is 17.9. The number of likely N-dealkylation sites (N-methyl/N-ethyl adjacent to an activating group) is 1. The largest absolute Gasteiger partial charge is 0.480 e. The third kappa shape index (κ3) is 4.17. The van der Waals surface area contributed by atoms with Gasteiger partial charge in [0.25, 0.3) is 0 Å². The maximum Gasteiger partial charge on any atom is 0.329 e. The second-order valence-electron chi connectivity index (χ2n) is 6.03.